The molecule has 0 aliphatic heterocycles. The van der Waals surface area contributed by atoms with Crippen LogP contribution in [0.25, 0.3) is 5.82 Å². The van der Waals surface area contributed by atoms with E-state index in [9.17, 15) is 9.59 Å². The molecule has 3 rings (SSSR count). The number of hydrogen-bond acceptors (Lipinski definition) is 4. The molecule has 0 atom stereocenters. The number of nitrogens with zero attached hydrogens (tertiary/aromatic N) is 3. The highest BCUT2D eigenvalue weighted by atomic mass is 79.9. The van der Waals surface area contributed by atoms with Crippen LogP contribution in [0.15, 0.2) is 65.5 Å². The Hall–Kier alpha value is -3.00. The molecule has 1 aromatic carbocycles. The van der Waals surface area contributed by atoms with Crippen LogP contribution in [0, 0.1) is 0 Å². The van der Waals surface area contributed by atoms with E-state index in [2.05, 4.69) is 36.6 Å². The highest BCUT2D eigenvalue weighted by Crippen LogP contribution is 2.11. The summed E-state index contributed by atoms with van der Waals surface area (Å²) >= 11 is 3.31. The van der Waals surface area contributed by atoms with Crippen molar-refractivity contribution in [1.29, 1.82) is 0 Å². The first-order chi connectivity index (χ1) is 12.6. The van der Waals surface area contributed by atoms with E-state index in [4.69, 9.17) is 0 Å². The van der Waals surface area contributed by atoms with Gasteiger partial charge in [-0.3, -0.25) is 9.59 Å². The molecule has 26 heavy (non-hydrogen) atoms. The highest BCUT2D eigenvalue weighted by Gasteiger charge is 2.08. The molecule has 0 aliphatic carbocycles. The molecule has 0 bridgehead atoms. The number of pyridine rings is 1. The molecule has 0 saturated heterocycles. The first-order valence-corrected chi connectivity index (χ1v) is 8.66. The Morgan fingerprint density at radius 1 is 1.12 bits per heavy atom. The molecule has 0 fully saturated rings. The van der Waals surface area contributed by atoms with Gasteiger partial charge in [-0.2, -0.15) is 5.10 Å². The van der Waals surface area contributed by atoms with E-state index < -0.39 is 0 Å². The summed E-state index contributed by atoms with van der Waals surface area (Å²) in [6.07, 6.45) is 5.16. The molecule has 2 aromatic heterocycles. The van der Waals surface area contributed by atoms with Crippen molar-refractivity contribution in [3.05, 3.63) is 76.7 Å². The molecule has 0 saturated carbocycles. The lowest BCUT2D eigenvalue weighted by Crippen LogP contribution is -2.36. The van der Waals surface area contributed by atoms with Gasteiger partial charge in [0.2, 0.25) is 5.91 Å². The molecule has 2 N–H and O–H groups in total. The van der Waals surface area contributed by atoms with E-state index >= 15 is 0 Å². The zero-order valence-electron chi connectivity index (χ0n) is 13.7. The monoisotopic (exact) mass is 413 g/mol. The summed E-state index contributed by atoms with van der Waals surface area (Å²) in [5.41, 5.74) is 1.35. The van der Waals surface area contributed by atoms with Gasteiger partial charge in [-0.05, 0) is 35.9 Å². The number of aromatic nitrogens is 3. The van der Waals surface area contributed by atoms with E-state index in [-0.39, 0.29) is 18.4 Å². The van der Waals surface area contributed by atoms with Crippen molar-refractivity contribution < 1.29 is 9.59 Å². The zero-order valence-corrected chi connectivity index (χ0v) is 15.3. The standard InChI is InChI=1S/C18H16BrN5O2/c19-15-4-1-3-14(9-15)18(26)22-12-17(25)21-11-13-5-6-16(20-10-13)24-8-2-7-23-24/h1-10H,11-12H2,(H,21,25)(H,22,26). The molecule has 7 nitrogen and oxygen atoms in total. The fourth-order valence-corrected chi connectivity index (χ4v) is 2.62. The maximum atomic E-state index is 12.0. The minimum atomic E-state index is -0.299. The first-order valence-electron chi connectivity index (χ1n) is 7.87. The smallest absolute Gasteiger partial charge is 0.251 e. The van der Waals surface area contributed by atoms with Gasteiger partial charge in [0.1, 0.15) is 0 Å². The Labute approximate surface area is 158 Å². The number of carbonyl (C=O) groups excluding carboxylic acids is 2. The van der Waals surface area contributed by atoms with Crippen molar-refractivity contribution in [1.82, 2.24) is 25.4 Å². The largest absolute Gasteiger partial charge is 0.350 e. The van der Waals surface area contributed by atoms with E-state index in [1.807, 2.05) is 24.3 Å². The fourth-order valence-electron chi connectivity index (χ4n) is 2.22. The quantitative estimate of drug-likeness (QED) is 0.647. The second-order valence-corrected chi connectivity index (χ2v) is 6.36. The summed E-state index contributed by atoms with van der Waals surface area (Å²) in [6, 6.07) is 12.5. The lowest BCUT2D eigenvalue weighted by atomic mass is 10.2. The third-order valence-electron chi connectivity index (χ3n) is 3.53. The van der Waals surface area contributed by atoms with Crippen LogP contribution in [-0.2, 0) is 11.3 Å². The van der Waals surface area contributed by atoms with E-state index in [1.165, 1.54) is 0 Å². The number of hydrogen-bond donors (Lipinski definition) is 2. The van der Waals surface area contributed by atoms with Crippen molar-refractivity contribution >= 4 is 27.7 Å². The van der Waals surface area contributed by atoms with Gasteiger partial charge in [0.05, 0.1) is 6.54 Å². The molecule has 0 spiro atoms. The molecule has 0 radical (unpaired) electrons. The summed E-state index contributed by atoms with van der Waals surface area (Å²) in [5.74, 6) is 0.127. The van der Waals surface area contributed by atoms with Crippen LogP contribution < -0.4 is 10.6 Å². The van der Waals surface area contributed by atoms with Gasteiger partial charge >= 0.3 is 0 Å². The topological polar surface area (TPSA) is 88.9 Å². The van der Waals surface area contributed by atoms with Crippen LogP contribution in [0.5, 0.6) is 0 Å². The van der Waals surface area contributed by atoms with Crippen LogP contribution in [0.3, 0.4) is 0 Å². The number of nitrogens with one attached hydrogen (secondary N) is 2. The molecular formula is C18H16BrN5O2. The molecule has 2 amide bonds. The van der Waals surface area contributed by atoms with E-state index in [0.717, 1.165) is 10.0 Å². The average molecular weight is 414 g/mol. The average Bonchev–Trinajstić information content (AvgIpc) is 3.19. The molecule has 3 aromatic rings. The molecule has 0 unspecified atom stereocenters. The van der Waals surface area contributed by atoms with E-state index in [1.54, 1.807) is 41.5 Å². The lowest BCUT2D eigenvalue weighted by molar-refractivity contribution is -0.120. The van der Waals surface area contributed by atoms with Gasteiger partial charge in [-0.1, -0.05) is 28.1 Å². The molecule has 8 heteroatoms. The molecule has 0 aliphatic rings. The number of carbonyl (C=O) groups is 2. The van der Waals surface area contributed by atoms with Gasteiger partial charge < -0.3 is 10.6 Å². The normalized spacial score (nSPS) is 10.3. The predicted molar refractivity (Wildman–Crippen MR) is 99.7 cm³/mol. The Morgan fingerprint density at radius 2 is 2.00 bits per heavy atom. The van der Waals surface area contributed by atoms with Gasteiger partial charge in [-0.15, -0.1) is 0 Å². The number of halogens is 1. The van der Waals surface area contributed by atoms with Crippen molar-refractivity contribution in [2.24, 2.45) is 0 Å². The Balaban J connectivity index is 1.46. The minimum absolute atomic E-state index is 0.0931. The highest BCUT2D eigenvalue weighted by molar-refractivity contribution is 9.10. The van der Waals surface area contributed by atoms with Crippen molar-refractivity contribution in [2.45, 2.75) is 6.54 Å². The number of amides is 2. The summed E-state index contributed by atoms with van der Waals surface area (Å²) < 4.78 is 2.46. The van der Waals surface area contributed by atoms with Gasteiger partial charge in [0.15, 0.2) is 5.82 Å². The number of rotatable bonds is 6. The Bertz CT molecular complexity index is 894. The van der Waals surface area contributed by atoms with Crippen molar-refractivity contribution in [2.75, 3.05) is 6.54 Å². The summed E-state index contributed by atoms with van der Waals surface area (Å²) in [4.78, 5) is 28.2. The lowest BCUT2D eigenvalue weighted by Gasteiger charge is -2.08. The third-order valence-corrected chi connectivity index (χ3v) is 4.03. The zero-order chi connectivity index (χ0) is 18.4. The second-order valence-electron chi connectivity index (χ2n) is 5.45. The van der Waals surface area contributed by atoms with E-state index in [0.29, 0.717) is 17.9 Å². The van der Waals surface area contributed by atoms with Gasteiger partial charge in [-0.25, -0.2) is 9.67 Å². The van der Waals surface area contributed by atoms with Crippen LogP contribution in [-0.4, -0.2) is 33.1 Å². The molecular weight excluding hydrogens is 398 g/mol. The van der Waals surface area contributed by atoms with Crippen LogP contribution in [0.2, 0.25) is 0 Å². The van der Waals surface area contributed by atoms with Crippen LogP contribution >= 0.6 is 15.9 Å². The molecule has 2 heterocycles. The van der Waals surface area contributed by atoms with Crippen LogP contribution in [0.4, 0.5) is 0 Å². The van der Waals surface area contributed by atoms with Crippen LogP contribution in [0.1, 0.15) is 15.9 Å². The summed E-state index contributed by atoms with van der Waals surface area (Å²) in [6.45, 7) is 0.238. The maximum Gasteiger partial charge on any atom is 0.251 e. The Kier molecular flexibility index (Phi) is 5.75. The SMILES string of the molecule is O=C(CNC(=O)c1cccc(Br)c1)NCc1ccc(-n2cccn2)nc1. The van der Waals surface area contributed by atoms with Gasteiger partial charge in [0, 0.05) is 35.2 Å². The Morgan fingerprint density at radius 3 is 2.69 bits per heavy atom. The maximum absolute atomic E-state index is 12.0. The number of benzene rings is 1. The predicted octanol–water partition coefficient (Wildman–Crippen LogP) is 2.08. The van der Waals surface area contributed by atoms with Gasteiger partial charge in [0.25, 0.3) is 5.91 Å². The minimum Gasteiger partial charge on any atom is -0.350 e. The first kappa shape index (κ1) is 17.8. The third kappa shape index (κ3) is 4.76. The fraction of sp³-hybridized carbons (Fsp3) is 0.111. The molecule has 132 valence electrons. The summed E-state index contributed by atoms with van der Waals surface area (Å²) in [5, 5.41) is 9.44. The van der Waals surface area contributed by atoms with Crippen molar-refractivity contribution in [3.8, 4) is 5.82 Å². The second kappa shape index (κ2) is 8.39. The summed E-state index contributed by atoms with van der Waals surface area (Å²) in [7, 11) is 0. The van der Waals surface area contributed by atoms with Crippen molar-refractivity contribution in [3.63, 3.8) is 0 Å².